The van der Waals surface area contributed by atoms with Crippen molar-refractivity contribution >= 4 is 17.7 Å². The maximum absolute atomic E-state index is 11.8. The number of nitrogens with one attached hydrogen (secondary N) is 1. The fraction of sp³-hybridized carbons (Fsp3) is 0.235. The van der Waals surface area contributed by atoms with Crippen LogP contribution in [-0.2, 0) is 11.3 Å². The highest BCUT2D eigenvalue weighted by molar-refractivity contribution is 7.98. The van der Waals surface area contributed by atoms with Gasteiger partial charge in [-0.25, -0.2) is 0 Å². The molecule has 0 heterocycles. The van der Waals surface area contributed by atoms with E-state index < -0.39 is 0 Å². The molecule has 0 aromatic heterocycles. The second-order valence-corrected chi connectivity index (χ2v) is 5.47. The first-order chi connectivity index (χ1) is 10.2. The van der Waals surface area contributed by atoms with Crippen LogP contribution in [0.15, 0.2) is 53.4 Å². The van der Waals surface area contributed by atoms with E-state index in [9.17, 15) is 4.79 Å². The maximum atomic E-state index is 11.8. The molecule has 0 unspecified atom stereocenters. The molecule has 2 aromatic carbocycles. The minimum absolute atomic E-state index is 0.0316. The van der Waals surface area contributed by atoms with E-state index in [1.54, 1.807) is 11.8 Å². The Balaban J connectivity index is 1.86. The molecular weight excluding hydrogens is 282 g/mol. The highest BCUT2D eigenvalue weighted by atomic mass is 32.2. The minimum Gasteiger partial charge on any atom is -0.483 e. The zero-order chi connectivity index (χ0) is 15.1. The van der Waals surface area contributed by atoms with Gasteiger partial charge in [-0.2, -0.15) is 0 Å². The van der Waals surface area contributed by atoms with E-state index in [1.165, 1.54) is 0 Å². The number of aryl methyl sites for hydroxylation is 1. The summed E-state index contributed by atoms with van der Waals surface area (Å²) < 4.78 is 5.63. The molecule has 110 valence electrons. The molecule has 2 aromatic rings. The van der Waals surface area contributed by atoms with Crippen molar-refractivity contribution in [1.29, 1.82) is 0 Å². The number of benzene rings is 2. The summed E-state index contributed by atoms with van der Waals surface area (Å²) >= 11 is 1.63. The number of amides is 1. The summed E-state index contributed by atoms with van der Waals surface area (Å²) in [5.41, 5.74) is 2.23. The third-order valence-corrected chi connectivity index (χ3v) is 4.00. The average Bonchev–Trinajstić information content (AvgIpc) is 2.52. The molecule has 21 heavy (non-hydrogen) atoms. The van der Waals surface area contributed by atoms with Gasteiger partial charge in [0.15, 0.2) is 6.61 Å². The van der Waals surface area contributed by atoms with Crippen LogP contribution in [0.5, 0.6) is 5.75 Å². The Labute approximate surface area is 129 Å². The standard InChI is InChI=1S/C17H19NO2S/c1-13-7-6-10-15(17(13)21-2)20-12-16(19)18-11-14-8-4-3-5-9-14/h3-10H,11-12H2,1-2H3,(H,18,19). The highest BCUT2D eigenvalue weighted by Gasteiger charge is 2.08. The van der Waals surface area contributed by atoms with Crippen LogP contribution in [0, 0.1) is 6.92 Å². The third kappa shape index (κ3) is 4.53. The molecule has 1 amide bonds. The van der Waals surface area contributed by atoms with Gasteiger partial charge in [-0.1, -0.05) is 42.5 Å². The van der Waals surface area contributed by atoms with Crippen LogP contribution >= 0.6 is 11.8 Å². The van der Waals surface area contributed by atoms with Crippen LogP contribution in [0.3, 0.4) is 0 Å². The summed E-state index contributed by atoms with van der Waals surface area (Å²) in [6.45, 7) is 2.59. The largest absolute Gasteiger partial charge is 0.483 e. The molecule has 0 radical (unpaired) electrons. The number of ether oxygens (including phenoxy) is 1. The lowest BCUT2D eigenvalue weighted by Gasteiger charge is -2.12. The Bertz CT molecular complexity index is 599. The van der Waals surface area contributed by atoms with Crippen LogP contribution in [0.2, 0.25) is 0 Å². The van der Waals surface area contributed by atoms with Crippen molar-refractivity contribution in [3.8, 4) is 5.75 Å². The summed E-state index contributed by atoms with van der Waals surface area (Å²) in [5.74, 6) is 0.643. The Kier molecular flexibility index (Phi) is 5.69. The fourth-order valence-electron chi connectivity index (χ4n) is 1.99. The normalized spacial score (nSPS) is 10.2. The van der Waals surface area contributed by atoms with Gasteiger partial charge in [0.2, 0.25) is 0 Å². The monoisotopic (exact) mass is 301 g/mol. The maximum Gasteiger partial charge on any atom is 0.258 e. The summed E-state index contributed by atoms with van der Waals surface area (Å²) in [4.78, 5) is 12.9. The molecule has 0 bridgehead atoms. The molecule has 0 atom stereocenters. The molecule has 0 aliphatic rings. The van der Waals surface area contributed by atoms with Crippen LogP contribution < -0.4 is 10.1 Å². The van der Waals surface area contributed by atoms with Crippen molar-refractivity contribution in [3.05, 3.63) is 59.7 Å². The van der Waals surface area contributed by atoms with Gasteiger partial charge in [0.25, 0.3) is 5.91 Å². The minimum atomic E-state index is -0.118. The predicted octanol–water partition coefficient (Wildman–Crippen LogP) is 3.41. The van der Waals surface area contributed by atoms with E-state index >= 15 is 0 Å². The third-order valence-electron chi connectivity index (χ3n) is 3.07. The summed E-state index contributed by atoms with van der Waals surface area (Å²) in [7, 11) is 0. The van der Waals surface area contributed by atoms with Crippen LogP contribution in [0.25, 0.3) is 0 Å². The number of hydrogen-bond acceptors (Lipinski definition) is 3. The van der Waals surface area contributed by atoms with Crippen molar-refractivity contribution in [2.75, 3.05) is 12.9 Å². The molecule has 2 rings (SSSR count). The first kappa shape index (κ1) is 15.4. The molecular formula is C17H19NO2S. The highest BCUT2D eigenvalue weighted by Crippen LogP contribution is 2.30. The number of rotatable bonds is 6. The molecule has 3 nitrogen and oxygen atoms in total. The van der Waals surface area contributed by atoms with Crippen molar-refractivity contribution < 1.29 is 9.53 Å². The van der Waals surface area contributed by atoms with Crippen molar-refractivity contribution in [2.24, 2.45) is 0 Å². The van der Waals surface area contributed by atoms with Crippen LogP contribution in [0.1, 0.15) is 11.1 Å². The van der Waals surface area contributed by atoms with Gasteiger partial charge in [-0.15, -0.1) is 11.8 Å². The Morgan fingerprint density at radius 3 is 2.62 bits per heavy atom. The Hall–Kier alpha value is -1.94. The van der Waals surface area contributed by atoms with Gasteiger partial charge >= 0.3 is 0 Å². The molecule has 0 saturated carbocycles. The van der Waals surface area contributed by atoms with Gasteiger partial charge in [-0.05, 0) is 30.4 Å². The van der Waals surface area contributed by atoms with Gasteiger partial charge in [0.1, 0.15) is 5.75 Å². The SMILES string of the molecule is CSc1c(C)cccc1OCC(=O)NCc1ccccc1. The van der Waals surface area contributed by atoms with Gasteiger partial charge in [-0.3, -0.25) is 4.79 Å². The van der Waals surface area contributed by atoms with E-state index in [0.717, 1.165) is 21.8 Å². The zero-order valence-electron chi connectivity index (χ0n) is 12.3. The molecule has 4 heteroatoms. The molecule has 0 saturated heterocycles. The Morgan fingerprint density at radius 2 is 1.90 bits per heavy atom. The van der Waals surface area contributed by atoms with E-state index in [1.807, 2.05) is 61.7 Å². The summed E-state index contributed by atoms with van der Waals surface area (Å²) in [5, 5.41) is 2.85. The number of thioether (sulfide) groups is 1. The lowest BCUT2D eigenvalue weighted by Crippen LogP contribution is -2.28. The second kappa shape index (κ2) is 7.74. The molecule has 0 aliphatic heterocycles. The van der Waals surface area contributed by atoms with Crippen LogP contribution in [-0.4, -0.2) is 18.8 Å². The molecule has 0 aliphatic carbocycles. The molecule has 0 spiro atoms. The van der Waals surface area contributed by atoms with Gasteiger partial charge in [0.05, 0.1) is 4.90 Å². The number of carbonyl (C=O) groups excluding carboxylic acids is 1. The number of hydrogen-bond donors (Lipinski definition) is 1. The molecule has 1 N–H and O–H groups in total. The smallest absolute Gasteiger partial charge is 0.258 e. The van der Waals surface area contributed by atoms with E-state index in [0.29, 0.717) is 6.54 Å². The van der Waals surface area contributed by atoms with Gasteiger partial charge < -0.3 is 10.1 Å². The Morgan fingerprint density at radius 1 is 1.14 bits per heavy atom. The summed E-state index contributed by atoms with van der Waals surface area (Å²) in [6.07, 6.45) is 2.00. The first-order valence-electron chi connectivity index (χ1n) is 6.77. The number of carbonyl (C=O) groups is 1. The zero-order valence-corrected chi connectivity index (χ0v) is 13.1. The van der Waals surface area contributed by atoms with Crippen molar-refractivity contribution in [3.63, 3.8) is 0 Å². The molecule has 0 fully saturated rings. The van der Waals surface area contributed by atoms with E-state index in [2.05, 4.69) is 5.32 Å². The predicted molar refractivity (Wildman–Crippen MR) is 86.7 cm³/mol. The second-order valence-electron chi connectivity index (χ2n) is 4.66. The van der Waals surface area contributed by atoms with Crippen molar-refractivity contribution in [2.45, 2.75) is 18.4 Å². The van der Waals surface area contributed by atoms with Crippen molar-refractivity contribution in [1.82, 2.24) is 5.32 Å². The fourth-order valence-corrected chi connectivity index (χ4v) is 2.71. The summed E-state index contributed by atoms with van der Waals surface area (Å²) in [6, 6.07) is 15.7. The lowest BCUT2D eigenvalue weighted by molar-refractivity contribution is -0.123. The average molecular weight is 301 g/mol. The quantitative estimate of drug-likeness (QED) is 0.831. The van der Waals surface area contributed by atoms with Gasteiger partial charge in [0, 0.05) is 6.54 Å². The lowest BCUT2D eigenvalue weighted by atomic mass is 10.2. The van der Waals surface area contributed by atoms with E-state index in [4.69, 9.17) is 4.74 Å². The first-order valence-corrected chi connectivity index (χ1v) is 8.00. The van der Waals surface area contributed by atoms with Crippen LogP contribution in [0.4, 0.5) is 0 Å². The topological polar surface area (TPSA) is 38.3 Å². The van der Waals surface area contributed by atoms with E-state index in [-0.39, 0.29) is 12.5 Å².